The van der Waals surface area contributed by atoms with Gasteiger partial charge in [-0.05, 0) is 88.9 Å². The van der Waals surface area contributed by atoms with Crippen LogP contribution in [0.25, 0.3) is 0 Å². The first-order chi connectivity index (χ1) is 15.9. The number of hydrogen-bond acceptors (Lipinski definition) is 2. The largest absolute Gasteiger partial charge is 0.294 e. The van der Waals surface area contributed by atoms with Crippen LogP contribution in [-0.4, -0.2) is 46.1 Å². The maximum Gasteiger partial charge on any atom is 0.0133 e. The summed E-state index contributed by atoms with van der Waals surface area (Å²) in [6.07, 6.45) is 33.4. The molecule has 5 aliphatic carbocycles. The number of nitrogens with zero attached hydrogens (tertiary/aromatic N) is 2. The molecule has 2 nitrogen and oxygen atoms in total. The molecule has 0 aromatic heterocycles. The van der Waals surface area contributed by atoms with E-state index in [0.717, 1.165) is 48.1 Å². The van der Waals surface area contributed by atoms with Gasteiger partial charge in [-0.25, -0.2) is 0 Å². The third-order valence-electron chi connectivity index (χ3n) is 11.4. The summed E-state index contributed by atoms with van der Waals surface area (Å²) in [4.78, 5) is 6.40. The summed E-state index contributed by atoms with van der Waals surface area (Å²) in [6, 6.07) is 5.68. The Labute approximate surface area is 199 Å². The SMILES string of the molecule is C1CCC(N(C2CCCCC2)C2CCC(N3C4CCCCC4C4CCCCC43)CC2)CC1. The van der Waals surface area contributed by atoms with E-state index < -0.39 is 0 Å². The molecule has 6 fully saturated rings. The summed E-state index contributed by atoms with van der Waals surface area (Å²) >= 11 is 0. The van der Waals surface area contributed by atoms with Gasteiger partial charge in [0.1, 0.15) is 0 Å². The van der Waals surface area contributed by atoms with Crippen molar-refractivity contribution in [1.82, 2.24) is 9.80 Å². The Bertz CT molecular complexity index is 534. The third-order valence-corrected chi connectivity index (χ3v) is 11.4. The van der Waals surface area contributed by atoms with Crippen LogP contribution in [0.15, 0.2) is 0 Å². The molecule has 2 heteroatoms. The second kappa shape index (κ2) is 10.3. The van der Waals surface area contributed by atoms with E-state index in [0.29, 0.717) is 0 Å². The van der Waals surface area contributed by atoms with E-state index in [1.165, 1.54) is 128 Å². The predicted molar refractivity (Wildman–Crippen MR) is 135 cm³/mol. The molecule has 4 atom stereocenters. The monoisotopic (exact) mass is 440 g/mol. The van der Waals surface area contributed by atoms with Gasteiger partial charge < -0.3 is 0 Å². The van der Waals surface area contributed by atoms with Gasteiger partial charge in [0, 0.05) is 36.3 Å². The van der Waals surface area contributed by atoms with Gasteiger partial charge in [0.2, 0.25) is 0 Å². The van der Waals surface area contributed by atoms with Crippen LogP contribution in [0.1, 0.15) is 141 Å². The Morgan fingerprint density at radius 1 is 0.375 bits per heavy atom. The van der Waals surface area contributed by atoms with Crippen LogP contribution in [0.3, 0.4) is 0 Å². The van der Waals surface area contributed by atoms with Crippen LogP contribution in [0, 0.1) is 11.8 Å². The normalized spacial score (nSPS) is 42.7. The van der Waals surface area contributed by atoms with Crippen molar-refractivity contribution in [3.63, 3.8) is 0 Å². The van der Waals surface area contributed by atoms with Crippen molar-refractivity contribution >= 4 is 0 Å². The standard InChI is InChI=1S/C30H52N2/c1-3-11-23(12-4-1)31(24-13-5-2-6-14-24)25-19-21-26(22-20-25)32-29-17-9-7-15-27(29)28-16-8-10-18-30(28)32/h23-30H,1-22H2. The lowest BCUT2D eigenvalue weighted by Crippen LogP contribution is -2.54. The molecule has 1 heterocycles. The molecule has 0 N–H and O–H groups in total. The summed E-state index contributed by atoms with van der Waals surface area (Å²) in [7, 11) is 0. The van der Waals surface area contributed by atoms with E-state index in [1.54, 1.807) is 12.8 Å². The maximum atomic E-state index is 3.22. The highest BCUT2D eigenvalue weighted by atomic mass is 15.3. The molecule has 0 aromatic rings. The molecule has 1 aliphatic heterocycles. The smallest absolute Gasteiger partial charge is 0.0133 e. The summed E-state index contributed by atoms with van der Waals surface area (Å²) in [5.41, 5.74) is 0. The lowest BCUT2D eigenvalue weighted by Gasteiger charge is -2.50. The molecule has 4 unspecified atom stereocenters. The van der Waals surface area contributed by atoms with Crippen molar-refractivity contribution in [3.8, 4) is 0 Å². The molecule has 0 spiro atoms. The molecule has 0 bridgehead atoms. The highest BCUT2D eigenvalue weighted by Crippen LogP contribution is 2.51. The lowest BCUT2D eigenvalue weighted by atomic mass is 9.73. The van der Waals surface area contributed by atoms with Gasteiger partial charge in [-0.2, -0.15) is 0 Å². The van der Waals surface area contributed by atoms with Crippen molar-refractivity contribution in [1.29, 1.82) is 0 Å². The fourth-order valence-corrected chi connectivity index (χ4v) is 10.1. The number of fused-ring (bicyclic) bond motifs is 3. The molecule has 6 rings (SSSR count). The van der Waals surface area contributed by atoms with Crippen LogP contribution in [0.5, 0.6) is 0 Å². The lowest BCUT2D eigenvalue weighted by molar-refractivity contribution is -0.00413. The Balaban J connectivity index is 1.14. The van der Waals surface area contributed by atoms with Crippen LogP contribution in [0.4, 0.5) is 0 Å². The molecular weight excluding hydrogens is 388 g/mol. The zero-order valence-electron chi connectivity index (χ0n) is 21.1. The molecule has 32 heavy (non-hydrogen) atoms. The van der Waals surface area contributed by atoms with Crippen LogP contribution < -0.4 is 0 Å². The van der Waals surface area contributed by atoms with E-state index in [-0.39, 0.29) is 0 Å². The minimum absolute atomic E-state index is 0.921. The summed E-state index contributed by atoms with van der Waals surface area (Å²) in [5, 5.41) is 0. The average molecular weight is 441 g/mol. The second-order valence-electron chi connectivity index (χ2n) is 13.0. The highest BCUT2D eigenvalue weighted by molar-refractivity contribution is 5.05. The van der Waals surface area contributed by atoms with Crippen LogP contribution in [0.2, 0.25) is 0 Å². The van der Waals surface area contributed by atoms with E-state index in [4.69, 9.17) is 0 Å². The Morgan fingerprint density at radius 2 is 0.781 bits per heavy atom. The Morgan fingerprint density at radius 3 is 1.28 bits per heavy atom. The maximum absolute atomic E-state index is 3.22. The predicted octanol–water partition coefficient (Wildman–Crippen LogP) is 7.70. The van der Waals surface area contributed by atoms with Gasteiger partial charge >= 0.3 is 0 Å². The average Bonchev–Trinajstić information content (AvgIpc) is 3.21. The minimum Gasteiger partial charge on any atom is -0.294 e. The second-order valence-corrected chi connectivity index (χ2v) is 13.0. The third kappa shape index (κ3) is 4.34. The molecule has 6 aliphatic rings. The number of rotatable bonds is 4. The van der Waals surface area contributed by atoms with E-state index >= 15 is 0 Å². The fraction of sp³-hybridized carbons (Fsp3) is 1.00. The van der Waals surface area contributed by atoms with E-state index in [1.807, 2.05) is 0 Å². The highest BCUT2D eigenvalue weighted by Gasteiger charge is 2.52. The minimum atomic E-state index is 0.921. The van der Waals surface area contributed by atoms with Gasteiger partial charge in [-0.15, -0.1) is 0 Å². The van der Waals surface area contributed by atoms with Crippen molar-refractivity contribution in [3.05, 3.63) is 0 Å². The number of hydrogen-bond donors (Lipinski definition) is 0. The Kier molecular flexibility index (Phi) is 7.18. The van der Waals surface area contributed by atoms with Gasteiger partial charge in [0.15, 0.2) is 0 Å². The molecule has 0 amide bonds. The van der Waals surface area contributed by atoms with Crippen molar-refractivity contribution in [2.45, 2.75) is 178 Å². The molecule has 182 valence electrons. The van der Waals surface area contributed by atoms with Crippen molar-refractivity contribution < 1.29 is 0 Å². The topological polar surface area (TPSA) is 6.48 Å². The summed E-state index contributed by atoms with van der Waals surface area (Å²) in [5.74, 6) is 2.15. The van der Waals surface area contributed by atoms with E-state index in [2.05, 4.69) is 9.80 Å². The van der Waals surface area contributed by atoms with Crippen LogP contribution >= 0.6 is 0 Å². The molecular formula is C30H52N2. The first-order valence-electron chi connectivity index (χ1n) is 15.4. The first-order valence-corrected chi connectivity index (χ1v) is 15.4. The number of likely N-dealkylation sites (tertiary alicyclic amines) is 1. The van der Waals surface area contributed by atoms with Crippen molar-refractivity contribution in [2.75, 3.05) is 0 Å². The molecule has 0 aromatic carbocycles. The van der Waals surface area contributed by atoms with Crippen LogP contribution in [-0.2, 0) is 0 Å². The summed E-state index contributed by atoms with van der Waals surface area (Å²) < 4.78 is 0. The Hall–Kier alpha value is -0.0800. The van der Waals surface area contributed by atoms with Gasteiger partial charge in [-0.1, -0.05) is 64.2 Å². The van der Waals surface area contributed by atoms with Gasteiger partial charge in [-0.3, -0.25) is 9.80 Å². The first kappa shape index (κ1) is 22.4. The molecule has 1 saturated heterocycles. The zero-order valence-corrected chi connectivity index (χ0v) is 21.1. The molecule has 5 saturated carbocycles. The zero-order chi connectivity index (χ0) is 21.3. The van der Waals surface area contributed by atoms with Gasteiger partial charge in [0.25, 0.3) is 0 Å². The van der Waals surface area contributed by atoms with E-state index in [9.17, 15) is 0 Å². The fourth-order valence-electron chi connectivity index (χ4n) is 10.1. The molecule has 0 radical (unpaired) electrons. The van der Waals surface area contributed by atoms with Gasteiger partial charge in [0.05, 0.1) is 0 Å². The summed E-state index contributed by atoms with van der Waals surface area (Å²) in [6.45, 7) is 0. The van der Waals surface area contributed by atoms with Crippen molar-refractivity contribution in [2.24, 2.45) is 11.8 Å². The quantitative estimate of drug-likeness (QED) is 0.442.